The average molecular weight is 619 g/mol. The Balaban J connectivity index is 1.45. The second-order valence-corrected chi connectivity index (χ2v) is 12.9. The van der Waals surface area contributed by atoms with Crippen molar-refractivity contribution in [3.05, 3.63) is 65.2 Å². The van der Waals surface area contributed by atoms with Gasteiger partial charge >= 0.3 is 6.18 Å². The van der Waals surface area contributed by atoms with E-state index >= 15 is 0 Å². The van der Waals surface area contributed by atoms with E-state index in [1.54, 1.807) is 13.8 Å². The van der Waals surface area contributed by atoms with Gasteiger partial charge in [0.15, 0.2) is 11.5 Å². The molecule has 43 heavy (non-hydrogen) atoms. The topological polar surface area (TPSA) is 87.6 Å². The first-order chi connectivity index (χ1) is 20.1. The maximum Gasteiger partial charge on any atom is 0.416 e. The Labute approximate surface area is 254 Å². The summed E-state index contributed by atoms with van der Waals surface area (Å²) < 4.78 is 46.2. The molecule has 2 N–H and O–H groups in total. The number of benzene rings is 2. The van der Waals surface area contributed by atoms with Crippen molar-refractivity contribution in [2.75, 3.05) is 18.2 Å². The zero-order valence-electron chi connectivity index (χ0n) is 25.2. The van der Waals surface area contributed by atoms with Gasteiger partial charge in [-0.3, -0.25) is 15.2 Å². The third-order valence-electron chi connectivity index (χ3n) is 7.13. The third-order valence-corrected chi connectivity index (χ3v) is 7.47. The third kappa shape index (κ3) is 7.88. The van der Waals surface area contributed by atoms with Crippen LogP contribution in [0.1, 0.15) is 59.9 Å². The normalized spacial score (nSPS) is 13.3. The van der Waals surface area contributed by atoms with Crippen molar-refractivity contribution < 1.29 is 22.7 Å². The van der Waals surface area contributed by atoms with E-state index in [1.165, 1.54) is 16.6 Å². The lowest BCUT2D eigenvalue weighted by Gasteiger charge is -2.34. The van der Waals surface area contributed by atoms with E-state index in [0.717, 1.165) is 30.7 Å². The second kappa shape index (κ2) is 12.6. The fourth-order valence-corrected chi connectivity index (χ4v) is 5.25. The van der Waals surface area contributed by atoms with Gasteiger partial charge in [-0.25, -0.2) is 4.52 Å². The van der Waals surface area contributed by atoms with Crippen LogP contribution in [0.3, 0.4) is 0 Å². The lowest BCUT2D eigenvalue weighted by molar-refractivity contribution is -0.137. The van der Waals surface area contributed by atoms with Crippen molar-refractivity contribution in [1.82, 2.24) is 25.1 Å². The van der Waals surface area contributed by atoms with Gasteiger partial charge in [-0.15, -0.1) is 10.2 Å². The van der Waals surface area contributed by atoms with Crippen molar-refractivity contribution in [2.45, 2.75) is 66.1 Å². The maximum absolute atomic E-state index is 13.8. The summed E-state index contributed by atoms with van der Waals surface area (Å²) >= 11 is 6.47. The molecular formula is C31H38ClF3N6O2. The number of H-pyrrole nitrogens is 1. The second-order valence-electron chi connectivity index (χ2n) is 12.6. The van der Waals surface area contributed by atoms with Gasteiger partial charge in [-0.1, -0.05) is 69.6 Å². The number of hydrogen-bond acceptors (Lipinski definition) is 5. The van der Waals surface area contributed by atoms with E-state index in [2.05, 4.69) is 48.3 Å². The van der Waals surface area contributed by atoms with E-state index in [1.807, 2.05) is 35.2 Å². The molecule has 232 valence electrons. The Hall–Kier alpha value is -3.57. The molecule has 0 spiro atoms. The molecule has 1 amide bonds. The number of ether oxygens (including phenoxy) is 1. The summed E-state index contributed by atoms with van der Waals surface area (Å²) in [4.78, 5) is 15.7. The number of anilines is 1. The van der Waals surface area contributed by atoms with Gasteiger partial charge in [-0.05, 0) is 62.3 Å². The molecule has 0 aliphatic carbocycles. The number of carbonyl (C=O) groups is 1. The Morgan fingerprint density at radius 1 is 1.05 bits per heavy atom. The fourth-order valence-electron chi connectivity index (χ4n) is 5.03. The first-order valence-corrected chi connectivity index (χ1v) is 14.5. The summed E-state index contributed by atoms with van der Waals surface area (Å²) in [5.41, 5.74) is -0.0692. The molecule has 0 bridgehead atoms. The molecule has 0 saturated heterocycles. The van der Waals surface area contributed by atoms with E-state index in [0.29, 0.717) is 18.0 Å². The Bertz CT molecular complexity index is 1530. The summed E-state index contributed by atoms with van der Waals surface area (Å²) in [6.07, 6.45) is -2.53. The minimum atomic E-state index is -4.44. The minimum Gasteiger partial charge on any atom is -0.461 e. The molecule has 4 aromatic rings. The number of carbonyl (C=O) groups excluding carboxylic acids is 1. The summed E-state index contributed by atoms with van der Waals surface area (Å²) in [5, 5.41) is 14.4. The number of aromatic nitrogens is 4. The first kappa shape index (κ1) is 32.3. The molecule has 1 atom stereocenters. The highest BCUT2D eigenvalue weighted by Gasteiger charge is 2.33. The fraction of sp³-hybridized carbons (Fsp3) is 0.452. The predicted octanol–water partition coefficient (Wildman–Crippen LogP) is 7.60. The number of fused-ring (bicyclic) bond motifs is 1. The van der Waals surface area contributed by atoms with Gasteiger partial charge in [0.25, 0.3) is 0 Å². The van der Waals surface area contributed by atoms with Crippen LogP contribution in [0, 0.1) is 11.3 Å². The van der Waals surface area contributed by atoms with Gasteiger partial charge in [0.05, 0.1) is 11.1 Å². The van der Waals surface area contributed by atoms with Crippen LogP contribution in [0.4, 0.5) is 18.9 Å². The van der Waals surface area contributed by atoms with Crippen molar-refractivity contribution in [3.63, 3.8) is 0 Å². The minimum absolute atomic E-state index is 0.0613. The summed E-state index contributed by atoms with van der Waals surface area (Å²) in [7, 11) is 0. The van der Waals surface area contributed by atoms with Crippen LogP contribution in [-0.2, 0) is 11.0 Å². The molecule has 0 fully saturated rings. The summed E-state index contributed by atoms with van der Waals surface area (Å²) in [5.74, 6) is 0.773. The quantitative estimate of drug-likeness (QED) is 0.169. The lowest BCUT2D eigenvalue weighted by Crippen LogP contribution is -2.55. The van der Waals surface area contributed by atoms with E-state index < -0.39 is 17.3 Å². The van der Waals surface area contributed by atoms with Crippen molar-refractivity contribution >= 4 is 28.8 Å². The van der Waals surface area contributed by atoms with Crippen LogP contribution in [0.15, 0.2) is 54.6 Å². The molecular weight excluding hydrogens is 581 g/mol. The number of para-hydroxylation sites is 1. The predicted molar refractivity (Wildman–Crippen MR) is 162 cm³/mol. The van der Waals surface area contributed by atoms with Crippen LogP contribution in [0.2, 0.25) is 5.02 Å². The summed E-state index contributed by atoms with van der Waals surface area (Å²) in [6.45, 7) is 13.0. The van der Waals surface area contributed by atoms with Crippen LogP contribution >= 0.6 is 11.6 Å². The first-order valence-electron chi connectivity index (χ1n) is 14.1. The molecule has 2 aromatic carbocycles. The highest BCUT2D eigenvalue weighted by molar-refractivity contribution is 6.34. The lowest BCUT2D eigenvalue weighted by atomic mass is 9.84. The monoisotopic (exact) mass is 618 g/mol. The zero-order valence-corrected chi connectivity index (χ0v) is 26.0. The standard InChI is InChI=1S/C31H38ClF3N6O2/c1-20(18-29(2,3)4)16-17-40(23-10-8-7-9-11-23)28(42)30(5,6)36-19-43-27-24(32)26-38-37-25(41(26)39-27)21-12-14-22(15-13-21)31(33,34)35/h7-15,20,36,39H,16-19H2,1-6H3. The number of nitrogens with one attached hydrogen (secondary N) is 2. The number of amides is 1. The number of halogens is 4. The highest BCUT2D eigenvalue weighted by Crippen LogP contribution is 2.33. The van der Waals surface area contributed by atoms with Gasteiger partial charge in [0.1, 0.15) is 11.8 Å². The van der Waals surface area contributed by atoms with Gasteiger partial charge in [0, 0.05) is 17.8 Å². The van der Waals surface area contributed by atoms with Crippen molar-refractivity contribution in [2.24, 2.45) is 11.3 Å². The van der Waals surface area contributed by atoms with Crippen molar-refractivity contribution in [3.8, 4) is 17.3 Å². The molecule has 4 rings (SSSR count). The van der Waals surface area contributed by atoms with Gasteiger partial charge in [0.2, 0.25) is 11.8 Å². The number of aromatic amines is 1. The number of rotatable bonds is 11. The Kier molecular flexibility index (Phi) is 9.46. The number of hydrogen-bond donors (Lipinski definition) is 2. The molecule has 2 aromatic heterocycles. The highest BCUT2D eigenvalue weighted by atomic mass is 35.5. The zero-order chi connectivity index (χ0) is 31.6. The van der Waals surface area contributed by atoms with Gasteiger partial charge in [-0.2, -0.15) is 13.2 Å². The number of alkyl halides is 3. The van der Waals surface area contributed by atoms with E-state index in [4.69, 9.17) is 16.3 Å². The summed E-state index contributed by atoms with van der Waals surface area (Å²) in [6, 6.07) is 14.2. The Morgan fingerprint density at radius 3 is 2.30 bits per heavy atom. The molecule has 1 unspecified atom stereocenters. The average Bonchev–Trinajstić information content (AvgIpc) is 3.47. The maximum atomic E-state index is 13.8. The Morgan fingerprint density at radius 2 is 1.70 bits per heavy atom. The van der Waals surface area contributed by atoms with Crippen LogP contribution in [-0.4, -0.2) is 44.5 Å². The molecule has 8 nitrogen and oxygen atoms in total. The van der Waals surface area contributed by atoms with Crippen LogP contribution < -0.4 is 15.0 Å². The number of nitrogens with zero attached hydrogens (tertiary/aromatic N) is 4. The van der Waals surface area contributed by atoms with Crippen LogP contribution in [0.5, 0.6) is 5.88 Å². The van der Waals surface area contributed by atoms with E-state index in [-0.39, 0.29) is 40.4 Å². The molecule has 12 heteroatoms. The SMILES string of the molecule is CC(CCN(C(=O)C(C)(C)NCOc1[nH]n2c(-c3ccc(C(F)(F)F)cc3)nnc2c1Cl)c1ccccc1)CC(C)(C)C. The van der Waals surface area contributed by atoms with E-state index in [9.17, 15) is 18.0 Å². The largest absolute Gasteiger partial charge is 0.461 e. The molecule has 0 aliphatic rings. The van der Waals surface area contributed by atoms with Gasteiger partial charge < -0.3 is 9.64 Å². The smallest absolute Gasteiger partial charge is 0.416 e. The van der Waals surface area contributed by atoms with Crippen LogP contribution in [0.25, 0.3) is 17.0 Å². The molecule has 0 aliphatic heterocycles. The molecule has 0 radical (unpaired) electrons. The molecule has 0 saturated carbocycles. The molecule has 2 heterocycles. The van der Waals surface area contributed by atoms with Crippen molar-refractivity contribution in [1.29, 1.82) is 0 Å².